The number of rotatable bonds is 8. The summed E-state index contributed by atoms with van der Waals surface area (Å²) in [6.45, 7) is 0. The minimum atomic E-state index is 0.362. The predicted octanol–water partition coefficient (Wildman–Crippen LogP) is 4.46. The summed E-state index contributed by atoms with van der Waals surface area (Å²) in [5.74, 6) is 3.01. The van der Waals surface area contributed by atoms with Crippen molar-refractivity contribution in [3.8, 4) is 18.1 Å². The average Bonchev–Trinajstić information content (AvgIpc) is 2.37. The van der Waals surface area contributed by atoms with E-state index in [4.69, 9.17) is 6.42 Å². The molecule has 0 saturated carbocycles. The average molecular weight is 242 g/mol. The molecule has 0 amide bonds. The molecule has 0 atom stereocenters. The number of benzene rings is 1. The Morgan fingerprint density at radius 2 is 1.89 bits per heavy atom. The maximum absolute atomic E-state index is 9.33. The van der Waals surface area contributed by atoms with Crippen LogP contribution in [0.15, 0.2) is 36.4 Å². The highest BCUT2D eigenvalue weighted by Gasteiger charge is 1.94. The van der Waals surface area contributed by atoms with Crippen LogP contribution in [0.1, 0.15) is 44.1 Å². The lowest BCUT2D eigenvalue weighted by molar-refractivity contribution is 0.474. The first kappa shape index (κ1) is 14.4. The number of aryl methyl sites for hydroxylation is 1. The van der Waals surface area contributed by atoms with Gasteiger partial charge in [0.2, 0.25) is 0 Å². The third-order valence-corrected chi connectivity index (χ3v) is 2.86. The van der Waals surface area contributed by atoms with Gasteiger partial charge in [-0.05, 0) is 56.2 Å². The topological polar surface area (TPSA) is 20.2 Å². The van der Waals surface area contributed by atoms with Gasteiger partial charge in [-0.2, -0.15) is 0 Å². The molecule has 0 aliphatic heterocycles. The molecule has 0 aromatic heterocycles. The molecule has 0 fully saturated rings. The van der Waals surface area contributed by atoms with Crippen LogP contribution in [0.2, 0.25) is 0 Å². The van der Waals surface area contributed by atoms with E-state index in [1.807, 2.05) is 12.1 Å². The van der Waals surface area contributed by atoms with Crippen LogP contribution in [0, 0.1) is 12.3 Å². The highest BCUT2D eigenvalue weighted by molar-refractivity contribution is 5.27. The van der Waals surface area contributed by atoms with Crippen molar-refractivity contribution in [1.82, 2.24) is 0 Å². The van der Waals surface area contributed by atoms with E-state index in [2.05, 4.69) is 24.1 Å². The van der Waals surface area contributed by atoms with E-state index in [1.54, 1.807) is 6.07 Å². The normalized spacial score (nSPS) is 10.6. The number of terminal acetylenes is 1. The number of phenols is 1. The summed E-state index contributed by atoms with van der Waals surface area (Å²) in [7, 11) is 0. The van der Waals surface area contributed by atoms with Gasteiger partial charge in [0.1, 0.15) is 5.75 Å². The molecular formula is C17H22O. The van der Waals surface area contributed by atoms with E-state index >= 15 is 0 Å². The van der Waals surface area contributed by atoms with Crippen molar-refractivity contribution in [2.75, 3.05) is 0 Å². The van der Waals surface area contributed by atoms with Gasteiger partial charge < -0.3 is 5.11 Å². The van der Waals surface area contributed by atoms with Crippen LogP contribution in [-0.2, 0) is 6.42 Å². The maximum Gasteiger partial charge on any atom is 0.115 e. The molecule has 0 aliphatic rings. The summed E-state index contributed by atoms with van der Waals surface area (Å²) in [5.41, 5.74) is 1.22. The van der Waals surface area contributed by atoms with Crippen LogP contribution in [0.3, 0.4) is 0 Å². The second-order valence-corrected chi connectivity index (χ2v) is 4.48. The lowest BCUT2D eigenvalue weighted by Crippen LogP contribution is -1.84. The van der Waals surface area contributed by atoms with E-state index in [0.29, 0.717) is 5.75 Å². The van der Waals surface area contributed by atoms with Crippen molar-refractivity contribution in [3.05, 3.63) is 42.0 Å². The highest BCUT2D eigenvalue weighted by Crippen LogP contribution is 2.13. The minimum absolute atomic E-state index is 0.362. The summed E-state index contributed by atoms with van der Waals surface area (Å²) in [4.78, 5) is 0. The van der Waals surface area contributed by atoms with Gasteiger partial charge in [-0.1, -0.05) is 24.3 Å². The molecule has 0 heterocycles. The van der Waals surface area contributed by atoms with Gasteiger partial charge in [0.05, 0.1) is 0 Å². The third kappa shape index (κ3) is 6.81. The van der Waals surface area contributed by atoms with Gasteiger partial charge in [-0.25, -0.2) is 0 Å². The lowest BCUT2D eigenvalue weighted by Gasteiger charge is -2.00. The Bertz CT molecular complexity index is 398. The molecule has 18 heavy (non-hydrogen) atoms. The predicted molar refractivity (Wildman–Crippen MR) is 77.5 cm³/mol. The Balaban J connectivity index is 2.04. The summed E-state index contributed by atoms with van der Waals surface area (Å²) >= 11 is 0. The number of unbranched alkanes of at least 4 members (excludes halogenated alkanes) is 4. The molecular weight excluding hydrogens is 220 g/mol. The van der Waals surface area contributed by atoms with E-state index in [9.17, 15) is 5.11 Å². The highest BCUT2D eigenvalue weighted by atomic mass is 16.3. The van der Waals surface area contributed by atoms with Crippen LogP contribution in [0.4, 0.5) is 0 Å². The van der Waals surface area contributed by atoms with Gasteiger partial charge in [-0.3, -0.25) is 0 Å². The van der Waals surface area contributed by atoms with E-state index < -0.39 is 0 Å². The molecule has 0 radical (unpaired) electrons. The fourth-order valence-electron chi connectivity index (χ4n) is 1.86. The zero-order valence-electron chi connectivity index (χ0n) is 10.9. The Kier molecular flexibility index (Phi) is 7.48. The molecule has 1 heteroatoms. The van der Waals surface area contributed by atoms with Gasteiger partial charge in [0.15, 0.2) is 0 Å². The van der Waals surface area contributed by atoms with Crippen molar-refractivity contribution in [3.63, 3.8) is 0 Å². The molecule has 96 valence electrons. The number of hydrogen-bond donors (Lipinski definition) is 1. The first-order valence-electron chi connectivity index (χ1n) is 6.69. The van der Waals surface area contributed by atoms with Gasteiger partial charge in [0, 0.05) is 6.42 Å². The van der Waals surface area contributed by atoms with Crippen LogP contribution < -0.4 is 0 Å². The molecule has 0 aliphatic carbocycles. The van der Waals surface area contributed by atoms with Gasteiger partial charge in [0.25, 0.3) is 0 Å². The lowest BCUT2D eigenvalue weighted by atomic mass is 10.1. The molecule has 0 unspecified atom stereocenters. The van der Waals surface area contributed by atoms with Crippen LogP contribution >= 0.6 is 0 Å². The first-order valence-corrected chi connectivity index (χ1v) is 6.69. The molecule has 1 nitrogen and oxygen atoms in total. The number of phenolic OH excluding ortho intramolecular Hbond substituents is 1. The molecule has 1 aromatic rings. The molecule has 0 bridgehead atoms. The number of hydrogen-bond acceptors (Lipinski definition) is 1. The largest absolute Gasteiger partial charge is 0.508 e. The smallest absolute Gasteiger partial charge is 0.115 e. The quantitative estimate of drug-likeness (QED) is 0.405. The van der Waals surface area contributed by atoms with E-state index in [0.717, 1.165) is 38.5 Å². The van der Waals surface area contributed by atoms with Crippen molar-refractivity contribution in [2.45, 2.75) is 44.9 Å². The first-order chi connectivity index (χ1) is 8.83. The van der Waals surface area contributed by atoms with Crippen LogP contribution in [-0.4, -0.2) is 5.11 Å². The van der Waals surface area contributed by atoms with Crippen LogP contribution in [0.25, 0.3) is 0 Å². The van der Waals surface area contributed by atoms with Crippen molar-refractivity contribution in [1.29, 1.82) is 0 Å². The second-order valence-electron chi connectivity index (χ2n) is 4.48. The summed E-state index contributed by atoms with van der Waals surface area (Å²) in [5, 5.41) is 9.33. The summed E-state index contributed by atoms with van der Waals surface area (Å²) < 4.78 is 0. The Labute approximate surface area is 111 Å². The molecule has 1 N–H and O–H groups in total. The fraction of sp³-hybridized carbons (Fsp3) is 0.412. The van der Waals surface area contributed by atoms with Gasteiger partial charge in [-0.15, -0.1) is 12.3 Å². The van der Waals surface area contributed by atoms with E-state index in [1.165, 1.54) is 12.0 Å². The summed E-state index contributed by atoms with van der Waals surface area (Å²) in [6, 6.07) is 7.52. The standard InChI is InChI=1S/C17H22O/c1-2-3-4-5-6-7-8-9-10-12-16-13-11-14-17(18)15-16/h1,6-7,11,13-15,18H,3-5,8-10,12H2/b7-6+. The zero-order chi connectivity index (χ0) is 13.1. The van der Waals surface area contributed by atoms with Gasteiger partial charge >= 0.3 is 0 Å². The van der Waals surface area contributed by atoms with Crippen molar-refractivity contribution in [2.24, 2.45) is 0 Å². The molecule has 0 spiro atoms. The van der Waals surface area contributed by atoms with E-state index in [-0.39, 0.29) is 0 Å². The minimum Gasteiger partial charge on any atom is -0.508 e. The number of aromatic hydroxyl groups is 1. The maximum atomic E-state index is 9.33. The van der Waals surface area contributed by atoms with Crippen molar-refractivity contribution < 1.29 is 5.11 Å². The fourth-order valence-corrected chi connectivity index (χ4v) is 1.86. The second kappa shape index (κ2) is 9.36. The summed E-state index contributed by atoms with van der Waals surface area (Å²) in [6.07, 6.45) is 17.3. The van der Waals surface area contributed by atoms with Crippen LogP contribution in [0.5, 0.6) is 5.75 Å². The number of allylic oxidation sites excluding steroid dienone is 2. The Morgan fingerprint density at radius 1 is 1.11 bits per heavy atom. The third-order valence-electron chi connectivity index (χ3n) is 2.86. The zero-order valence-corrected chi connectivity index (χ0v) is 10.9. The molecule has 1 rings (SSSR count). The Morgan fingerprint density at radius 3 is 2.61 bits per heavy atom. The van der Waals surface area contributed by atoms with Crippen molar-refractivity contribution >= 4 is 0 Å². The Hall–Kier alpha value is -1.68. The molecule has 0 saturated heterocycles. The molecule has 1 aromatic carbocycles. The SMILES string of the molecule is C#CCCC/C=C/CCCCc1cccc(O)c1. The monoisotopic (exact) mass is 242 g/mol.